The molecule has 0 aliphatic heterocycles. The fourth-order valence-electron chi connectivity index (χ4n) is 3.35. The Morgan fingerprint density at radius 1 is 1.00 bits per heavy atom. The van der Waals surface area contributed by atoms with Crippen LogP contribution >= 0.6 is 11.7 Å². The molecule has 12 heteroatoms. The van der Waals surface area contributed by atoms with Crippen molar-refractivity contribution in [2.45, 2.75) is 25.7 Å². The lowest BCUT2D eigenvalue weighted by molar-refractivity contribution is 0.459. The van der Waals surface area contributed by atoms with Crippen molar-refractivity contribution in [3.8, 4) is 17.4 Å². The minimum Gasteiger partial charge on any atom is -0.439 e. The van der Waals surface area contributed by atoms with Crippen molar-refractivity contribution in [2.75, 3.05) is 4.72 Å². The molecule has 2 aromatic carbocycles. The van der Waals surface area contributed by atoms with Crippen molar-refractivity contribution in [1.82, 2.24) is 28.3 Å². The molecular weight excluding hydrogens is 474 g/mol. The lowest BCUT2D eigenvalue weighted by Crippen LogP contribution is -2.13. The van der Waals surface area contributed by atoms with E-state index < -0.39 is 10.0 Å². The molecular formula is C22H19N7O3S2. The van der Waals surface area contributed by atoms with Crippen LogP contribution in [-0.2, 0) is 10.0 Å². The van der Waals surface area contributed by atoms with Crippen LogP contribution in [0.3, 0.4) is 0 Å². The van der Waals surface area contributed by atoms with E-state index in [-0.39, 0.29) is 4.90 Å². The van der Waals surface area contributed by atoms with Gasteiger partial charge in [0.2, 0.25) is 5.88 Å². The third-order valence-corrected chi connectivity index (χ3v) is 7.12. The Kier molecular flexibility index (Phi) is 5.46. The molecule has 0 bridgehead atoms. The van der Waals surface area contributed by atoms with Crippen molar-refractivity contribution >= 4 is 38.5 Å². The van der Waals surface area contributed by atoms with Crippen LogP contribution in [0, 0.1) is 20.8 Å². The lowest BCUT2D eigenvalue weighted by atomic mass is 10.3. The van der Waals surface area contributed by atoms with E-state index in [4.69, 9.17) is 4.74 Å². The summed E-state index contributed by atoms with van der Waals surface area (Å²) in [7, 11) is -3.84. The maximum absolute atomic E-state index is 12.9. The van der Waals surface area contributed by atoms with Gasteiger partial charge in [-0.1, -0.05) is 6.07 Å². The highest BCUT2D eigenvalue weighted by molar-refractivity contribution is 7.93. The highest BCUT2D eigenvalue weighted by Crippen LogP contribution is 2.27. The Labute approximate surface area is 199 Å². The fourth-order valence-corrected chi connectivity index (χ4v) is 5.18. The summed E-state index contributed by atoms with van der Waals surface area (Å²) in [6.45, 7) is 5.68. The van der Waals surface area contributed by atoms with Gasteiger partial charge in [-0.05, 0) is 57.2 Å². The molecule has 0 spiro atoms. The van der Waals surface area contributed by atoms with Gasteiger partial charge in [0.25, 0.3) is 10.0 Å². The number of ether oxygens (including phenoxy) is 1. The van der Waals surface area contributed by atoms with Gasteiger partial charge in [0.15, 0.2) is 0 Å². The van der Waals surface area contributed by atoms with Crippen molar-refractivity contribution in [3.05, 3.63) is 72.1 Å². The van der Waals surface area contributed by atoms with Crippen LogP contribution in [0.1, 0.15) is 17.2 Å². The first-order chi connectivity index (χ1) is 16.3. The predicted molar refractivity (Wildman–Crippen MR) is 128 cm³/mol. The second-order valence-corrected chi connectivity index (χ2v) is 9.70. The van der Waals surface area contributed by atoms with E-state index in [1.54, 1.807) is 55.7 Å². The Hall–Kier alpha value is -3.90. The van der Waals surface area contributed by atoms with Gasteiger partial charge in [0, 0.05) is 17.4 Å². The summed E-state index contributed by atoms with van der Waals surface area (Å²) in [4.78, 5) is 13.2. The quantitative estimate of drug-likeness (QED) is 0.373. The van der Waals surface area contributed by atoms with Crippen LogP contribution < -0.4 is 9.46 Å². The molecule has 1 N–H and O–H groups in total. The number of fused-ring (bicyclic) bond motifs is 1. The summed E-state index contributed by atoms with van der Waals surface area (Å²) in [5.41, 5.74) is 3.16. The van der Waals surface area contributed by atoms with Gasteiger partial charge in [-0.2, -0.15) is 13.7 Å². The predicted octanol–water partition coefficient (Wildman–Crippen LogP) is 4.19. The van der Waals surface area contributed by atoms with Crippen LogP contribution in [0.15, 0.2) is 59.8 Å². The Morgan fingerprint density at radius 3 is 2.53 bits per heavy atom. The molecule has 0 radical (unpaired) electrons. The summed E-state index contributed by atoms with van der Waals surface area (Å²) < 4.78 is 44.3. The Bertz CT molecular complexity index is 1610. The number of hydrogen-bond acceptors (Lipinski definition) is 9. The van der Waals surface area contributed by atoms with Crippen LogP contribution in [0.5, 0.6) is 11.6 Å². The number of aromatic nitrogens is 6. The van der Waals surface area contributed by atoms with Gasteiger partial charge in [-0.15, -0.1) is 0 Å². The van der Waals surface area contributed by atoms with Gasteiger partial charge in [-0.3, -0.25) is 9.29 Å². The summed E-state index contributed by atoms with van der Waals surface area (Å²) in [6, 6.07) is 13.1. The number of anilines is 1. The van der Waals surface area contributed by atoms with Gasteiger partial charge in [0.1, 0.15) is 39.6 Å². The first-order valence-electron chi connectivity index (χ1n) is 10.2. The van der Waals surface area contributed by atoms with E-state index in [2.05, 4.69) is 28.4 Å². The molecule has 172 valence electrons. The number of nitrogens with one attached hydrogen (secondary N) is 1. The zero-order valence-corrected chi connectivity index (χ0v) is 20.1. The molecule has 0 amide bonds. The number of nitrogens with zero attached hydrogens (tertiary/aromatic N) is 6. The van der Waals surface area contributed by atoms with Crippen LogP contribution in [-0.4, -0.2) is 36.7 Å². The zero-order valence-electron chi connectivity index (χ0n) is 18.4. The van der Waals surface area contributed by atoms with Crippen molar-refractivity contribution in [3.63, 3.8) is 0 Å². The molecule has 0 aliphatic rings. The molecule has 0 unspecified atom stereocenters. The van der Waals surface area contributed by atoms with E-state index in [0.717, 1.165) is 23.1 Å². The molecule has 0 atom stereocenters. The normalized spacial score (nSPS) is 11.6. The van der Waals surface area contributed by atoms with Gasteiger partial charge >= 0.3 is 0 Å². The van der Waals surface area contributed by atoms with Gasteiger partial charge in [-0.25, -0.2) is 18.4 Å². The van der Waals surface area contributed by atoms with Crippen molar-refractivity contribution in [1.29, 1.82) is 0 Å². The Morgan fingerprint density at radius 2 is 1.79 bits per heavy atom. The van der Waals surface area contributed by atoms with E-state index >= 15 is 0 Å². The zero-order chi connectivity index (χ0) is 23.9. The fraction of sp³-hybridized carbons (Fsp3) is 0.136. The largest absolute Gasteiger partial charge is 0.439 e. The monoisotopic (exact) mass is 493 g/mol. The number of hydrogen-bond donors (Lipinski definition) is 1. The summed E-state index contributed by atoms with van der Waals surface area (Å²) >= 11 is 0.971. The van der Waals surface area contributed by atoms with Crippen LogP contribution in [0.25, 0.3) is 16.9 Å². The van der Waals surface area contributed by atoms with Gasteiger partial charge < -0.3 is 4.74 Å². The van der Waals surface area contributed by atoms with E-state index in [9.17, 15) is 8.42 Å². The third-order valence-electron chi connectivity index (χ3n) is 5.17. The minimum atomic E-state index is -3.84. The number of rotatable bonds is 6. The lowest BCUT2D eigenvalue weighted by Gasteiger charge is -2.11. The van der Waals surface area contributed by atoms with Crippen LogP contribution in [0.2, 0.25) is 0 Å². The topological polar surface area (TPSA) is 125 Å². The number of benzene rings is 2. The van der Waals surface area contributed by atoms with Gasteiger partial charge in [0.05, 0.1) is 17.4 Å². The molecule has 10 nitrogen and oxygen atoms in total. The molecule has 0 aliphatic carbocycles. The molecule has 3 heterocycles. The van der Waals surface area contributed by atoms with E-state index in [0.29, 0.717) is 40.0 Å². The third kappa shape index (κ3) is 4.20. The SMILES string of the molecule is Cc1nc(Oc2ccc(NS(=O)(=O)c3cccc4nsnc34)cc2)cc(-n2cnc(C)c2C)n1. The highest BCUT2D eigenvalue weighted by Gasteiger charge is 2.20. The first-order valence-corrected chi connectivity index (χ1v) is 12.4. The maximum Gasteiger partial charge on any atom is 0.264 e. The first kappa shape index (κ1) is 21.9. The molecule has 0 saturated heterocycles. The molecule has 34 heavy (non-hydrogen) atoms. The molecule has 5 rings (SSSR count). The Balaban J connectivity index is 1.36. The smallest absolute Gasteiger partial charge is 0.264 e. The average molecular weight is 494 g/mol. The molecule has 0 saturated carbocycles. The minimum absolute atomic E-state index is 0.0769. The summed E-state index contributed by atoms with van der Waals surface area (Å²) in [6.07, 6.45) is 1.71. The molecule has 3 aromatic heterocycles. The number of aryl methyl sites for hydroxylation is 2. The maximum atomic E-state index is 12.9. The van der Waals surface area contributed by atoms with Crippen LogP contribution in [0.4, 0.5) is 5.69 Å². The summed E-state index contributed by atoms with van der Waals surface area (Å²) in [5.74, 6) is 2.06. The molecule has 5 aromatic rings. The van der Waals surface area contributed by atoms with E-state index in [1.165, 1.54) is 6.07 Å². The highest BCUT2D eigenvalue weighted by atomic mass is 32.2. The van der Waals surface area contributed by atoms with Crippen molar-refractivity contribution < 1.29 is 13.2 Å². The second kappa shape index (κ2) is 8.47. The number of sulfonamides is 1. The van der Waals surface area contributed by atoms with E-state index in [1.807, 2.05) is 18.4 Å². The second-order valence-electron chi connectivity index (χ2n) is 7.52. The molecule has 0 fully saturated rings. The number of imidazole rings is 1. The summed E-state index contributed by atoms with van der Waals surface area (Å²) in [5, 5.41) is 0. The van der Waals surface area contributed by atoms with Crippen molar-refractivity contribution in [2.24, 2.45) is 0 Å². The standard InChI is InChI=1S/C22H19N7O3S2/c1-13-14(2)29(12-23-13)20-11-21(25-15(3)24-20)32-17-9-7-16(8-10-17)28-34(30,31)19-6-4-5-18-22(19)27-33-26-18/h4-12,28H,1-3H3. The average Bonchev–Trinajstić information content (AvgIpc) is 3.41.